The van der Waals surface area contributed by atoms with Crippen LogP contribution in [-0.2, 0) is 15.3 Å². The van der Waals surface area contributed by atoms with Crippen LogP contribution in [0.3, 0.4) is 0 Å². The number of carboxylic acid groups (broad SMARTS) is 1. The molecule has 1 amide bonds. The van der Waals surface area contributed by atoms with Gasteiger partial charge in [0.25, 0.3) is 0 Å². The fourth-order valence-corrected chi connectivity index (χ4v) is 4.45. The first-order chi connectivity index (χ1) is 11.8. The maximum atomic E-state index is 12.6. The van der Waals surface area contributed by atoms with Crippen LogP contribution < -0.4 is 0 Å². The molecule has 1 N–H and O–H groups in total. The molecule has 1 aliphatic rings. The molecule has 1 aliphatic heterocycles. The largest absolute Gasteiger partial charge is 0.480 e. The number of carbonyl (C=O) groups is 2. The minimum absolute atomic E-state index is 0.0827. The van der Waals surface area contributed by atoms with Crippen molar-refractivity contribution in [2.75, 3.05) is 5.75 Å². The van der Waals surface area contributed by atoms with Crippen LogP contribution in [0, 0.1) is 5.92 Å². The van der Waals surface area contributed by atoms with E-state index in [1.165, 1.54) is 11.1 Å². The number of carboxylic acids is 1. The Morgan fingerprint density at radius 1 is 1.24 bits per heavy atom. The molecule has 4 nitrogen and oxygen atoms in total. The molecule has 0 radical (unpaired) electrons. The van der Waals surface area contributed by atoms with Crippen LogP contribution in [0.5, 0.6) is 0 Å². The number of hydrogen-bond donors (Lipinski definition) is 2. The standard InChI is InChI=1S/C19H27NO3S2/c1-12(2)15-6-4-14(5-7-15)11-25-17-9-8-16(19(22)23)20(17)18(21)13(3)10-24/h4-7,12-13,16-17,24H,8-11H2,1-3H3,(H,22,23)/t13-,16+,17-/m1/s1. The topological polar surface area (TPSA) is 57.6 Å². The van der Waals surface area contributed by atoms with Gasteiger partial charge in [0, 0.05) is 17.4 Å². The van der Waals surface area contributed by atoms with E-state index >= 15 is 0 Å². The summed E-state index contributed by atoms with van der Waals surface area (Å²) in [7, 11) is 0. The number of carbonyl (C=O) groups excluding carboxylic acids is 1. The molecular formula is C19H27NO3S2. The summed E-state index contributed by atoms with van der Waals surface area (Å²) in [6, 6.07) is 7.81. The highest BCUT2D eigenvalue weighted by Crippen LogP contribution is 2.35. The van der Waals surface area contributed by atoms with Crippen molar-refractivity contribution in [2.24, 2.45) is 5.92 Å². The molecular weight excluding hydrogens is 354 g/mol. The van der Waals surface area contributed by atoms with Crippen molar-refractivity contribution >= 4 is 36.3 Å². The predicted molar refractivity (Wildman–Crippen MR) is 106 cm³/mol. The van der Waals surface area contributed by atoms with Gasteiger partial charge >= 0.3 is 5.97 Å². The summed E-state index contributed by atoms with van der Waals surface area (Å²) < 4.78 is 0. The zero-order valence-electron chi connectivity index (χ0n) is 15.0. The van der Waals surface area contributed by atoms with E-state index in [1.807, 2.05) is 0 Å². The third-order valence-electron chi connectivity index (χ3n) is 4.66. The lowest BCUT2D eigenvalue weighted by Crippen LogP contribution is -2.46. The normalized spacial score (nSPS) is 21.6. The monoisotopic (exact) mass is 381 g/mol. The Kier molecular flexibility index (Phi) is 7.25. The second kappa shape index (κ2) is 8.99. The molecule has 6 heteroatoms. The number of thioether (sulfide) groups is 1. The molecule has 138 valence electrons. The van der Waals surface area contributed by atoms with Gasteiger partial charge in [-0.2, -0.15) is 12.6 Å². The van der Waals surface area contributed by atoms with Gasteiger partial charge in [-0.15, -0.1) is 11.8 Å². The van der Waals surface area contributed by atoms with Gasteiger partial charge in [-0.25, -0.2) is 4.79 Å². The van der Waals surface area contributed by atoms with Crippen LogP contribution in [-0.4, -0.2) is 39.1 Å². The molecule has 1 heterocycles. The van der Waals surface area contributed by atoms with Crippen LogP contribution in [0.1, 0.15) is 50.7 Å². The van der Waals surface area contributed by atoms with Crippen molar-refractivity contribution in [1.82, 2.24) is 4.90 Å². The summed E-state index contributed by atoms with van der Waals surface area (Å²) in [5.74, 6) is 0.418. The van der Waals surface area contributed by atoms with E-state index in [0.717, 1.165) is 12.2 Å². The smallest absolute Gasteiger partial charge is 0.326 e. The lowest BCUT2D eigenvalue weighted by molar-refractivity contribution is -0.149. The highest BCUT2D eigenvalue weighted by molar-refractivity contribution is 7.99. The number of rotatable bonds is 7. The number of amides is 1. The average molecular weight is 382 g/mol. The van der Waals surface area contributed by atoms with Gasteiger partial charge in [-0.3, -0.25) is 4.79 Å². The maximum absolute atomic E-state index is 12.6. The molecule has 0 unspecified atom stereocenters. The lowest BCUT2D eigenvalue weighted by atomic mass is 10.0. The second-order valence-corrected chi connectivity index (χ2v) is 8.45. The number of nitrogens with zero attached hydrogens (tertiary/aromatic N) is 1. The Morgan fingerprint density at radius 3 is 2.40 bits per heavy atom. The van der Waals surface area contributed by atoms with Crippen molar-refractivity contribution in [3.05, 3.63) is 35.4 Å². The van der Waals surface area contributed by atoms with Gasteiger partial charge in [-0.05, 0) is 29.9 Å². The van der Waals surface area contributed by atoms with Crippen molar-refractivity contribution < 1.29 is 14.7 Å². The zero-order chi connectivity index (χ0) is 18.6. The molecule has 0 spiro atoms. The Hall–Kier alpha value is -1.14. The first kappa shape index (κ1) is 20.2. The van der Waals surface area contributed by atoms with Gasteiger partial charge in [0.15, 0.2) is 0 Å². The Balaban J connectivity index is 2.06. The molecule has 0 saturated carbocycles. The minimum Gasteiger partial charge on any atom is -0.480 e. The molecule has 1 aromatic carbocycles. The fourth-order valence-electron chi connectivity index (χ4n) is 3.00. The van der Waals surface area contributed by atoms with Crippen molar-refractivity contribution in [3.8, 4) is 0 Å². The molecule has 2 rings (SSSR count). The fraction of sp³-hybridized carbons (Fsp3) is 0.579. The van der Waals surface area contributed by atoms with Crippen LogP contribution in [0.4, 0.5) is 0 Å². The quantitative estimate of drug-likeness (QED) is 0.701. The SMILES string of the molecule is CC(C)c1ccc(CS[C@@H]2CC[C@@H](C(=O)O)N2C(=O)[C@H](C)CS)cc1. The van der Waals surface area contributed by atoms with Gasteiger partial charge in [-0.1, -0.05) is 45.0 Å². The third kappa shape index (κ3) is 4.94. The maximum Gasteiger partial charge on any atom is 0.326 e. The summed E-state index contributed by atoms with van der Waals surface area (Å²) in [6.07, 6.45) is 1.24. The Bertz CT molecular complexity index is 603. The highest BCUT2D eigenvalue weighted by Gasteiger charge is 2.42. The summed E-state index contributed by atoms with van der Waals surface area (Å²) >= 11 is 5.85. The molecule has 1 saturated heterocycles. The Morgan fingerprint density at radius 2 is 1.88 bits per heavy atom. The van der Waals surface area contributed by atoms with Crippen molar-refractivity contribution in [1.29, 1.82) is 0 Å². The van der Waals surface area contributed by atoms with Gasteiger partial charge in [0.1, 0.15) is 6.04 Å². The van der Waals surface area contributed by atoms with E-state index in [-0.39, 0.29) is 17.2 Å². The number of aliphatic carboxylic acids is 1. The van der Waals surface area contributed by atoms with E-state index < -0.39 is 12.0 Å². The van der Waals surface area contributed by atoms with Gasteiger partial charge < -0.3 is 10.0 Å². The molecule has 0 aliphatic carbocycles. The van der Waals surface area contributed by atoms with Gasteiger partial charge in [0.2, 0.25) is 5.91 Å². The summed E-state index contributed by atoms with van der Waals surface area (Å²) in [5, 5.41) is 9.37. The average Bonchev–Trinajstić information content (AvgIpc) is 3.03. The zero-order valence-corrected chi connectivity index (χ0v) is 16.7. The molecule has 0 aromatic heterocycles. The molecule has 3 atom stereocenters. The van der Waals surface area contributed by atoms with Crippen molar-refractivity contribution in [3.63, 3.8) is 0 Å². The van der Waals surface area contributed by atoms with E-state index in [4.69, 9.17) is 0 Å². The first-order valence-corrected chi connectivity index (χ1v) is 10.4. The Labute approximate surface area is 159 Å². The lowest BCUT2D eigenvalue weighted by Gasteiger charge is -2.30. The first-order valence-electron chi connectivity index (χ1n) is 8.71. The number of hydrogen-bond acceptors (Lipinski definition) is 4. The van der Waals surface area contributed by atoms with E-state index in [0.29, 0.717) is 18.1 Å². The number of likely N-dealkylation sites (tertiary alicyclic amines) is 1. The summed E-state index contributed by atoms with van der Waals surface area (Å²) in [6.45, 7) is 6.14. The third-order valence-corrected chi connectivity index (χ3v) is 6.55. The molecule has 1 aromatic rings. The summed E-state index contributed by atoms with van der Waals surface area (Å²) in [4.78, 5) is 25.7. The summed E-state index contributed by atoms with van der Waals surface area (Å²) in [5.41, 5.74) is 2.50. The predicted octanol–water partition coefficient (Wildman–Crippen LogP) is 4.01. The van der Waals surface area contributed by atoms with Crippen LogP contribution in [0.15, 0.2) is 24.3 Å². The molecule has 1 fully saturated rings. The number of benzene rings is 1. The van der Waals surface area contributed by atoms with Gasteiger partial charge in [0.05, 0.1) is 5.37 Å². The molecule has 25 heavy (non-hydrogen) atoms. The highest BCUT2D eigenvalue weighted by atomic mass is 32.2. The van der Waals surface area contributed by atoms with Crippen LogP contribution >= 0.6 is 24.4 Å². The van der Waals surface area contributed by atoms with Crippen molar-refractivity contribution in [2.45, 2.75) is 56.7 Å². The second-order valence-electron chi connectivity index (χ2n) is 6.92. The van der Waals surface area contributed by atoms with E-state index in [2.05, 4.69) is 50.7 Å². The van der Waals surface area contributed by atoms with E-state index in [9.17, 15) is 14.7 Å². The van der Waals surface area contributed by atoms with Crippen LogP contribution in [0.25, 0.3) is 0 Å². The molecule has 0 bridgehead atoms. The van der Waals surface area contributed by atoms with E-state index in [1.54, 1.807) is 23.6 Å². The van der Waals surface area contributed by atoms with Crippen LogP contribution in [0.2, 0.25) is 0 Å². The minimum atomic E-state index is -0.913. The number of thiol groups is 1.